The lowest BCUT2D eigenvalue weighted by Gasteiger charge is -2.25. The van der Waals surface area contributed by atoms with Gasteiger partial charge in [0, 0.05) is 36.9 Å². The lowest BCUT2D eigenvalue weighted by Crippen LogP contribution is -2.32. The number of rotatable bonds is 3. The summed E-state index contributed by atoms with van der Waals surface area (Å²) in [7, 11) is 4.33. The fourth-order valence-electron chi connectivity index (χ4n) is 3.45. The van der Waals surface area contributed by atoms with Crippen LogP contribution < -0.4 is 10.6 Å². The second kappa shape index (κ2) is 5.70. The molecule has 1 unspecified atom stereocenters. The molecule has 2 N–H and O–H groups in total. The van der Waals surface area contributed by atoms with E-state index in [1.54, 1.807) is 0 Å². The molecule has 1 aromatic rings. The Morgan fingerprint density at radius 1 is 1.35 bits per heavy atom. The van der Waals surface area contributed by atoms with E-state index in [9.17, 15) is 0 Å². The summed E-state index contributed by atoms with van der Waals surface area (Å²) in [6.07, 6.45) is 6.11. The monoisotopic (exact) mass is 274 g/mol. The first-order chi connectivity index (χ1) is 9.69. The Balaban J connectivity index is 1.89. The van der Waals surface area contributed by atoms with E-state index in [2.05, 4.69) is 30.0 Å². The second-order valence-electron chi connectivity index (χ2n) is 6.34. The Kier molecular flexibility index (Phi) is 3.94. The van der Waals surface area contributed by atoms with Crippen molar-refractivity contribution in [1.82, 2.24) is 9.88 Å². The van der Waals surface area contributed by atoms with Crippen molar-refractivity contribution in [3.63, 3.8) is 0 Å². The van der Waals surface area contributed by atoms with E-state index in [4.69, 9.17) is 10.7 Å². The highest BCUT2D eigenvalue weighted by Crippen LogP contribution is 2.29. The Morgan fingerprint density at radius 2 is 2.15 bits per heavy atom. The quantitative estimate of drug-likeness (QED) is 0.908. The molecule has 1 aromatic heterocycles. The average molecular weight is 274 g/mol. The maximum absolute atomic E-state index is 5.97. The van der Waals surface area contributed by atoms with Crippen LogP contribution in [-0.4, -0.2) is 43.1 Å². The topological polar surface area (TPSA) is 45.4 Å². The largest absolute Gasteiger partial charge is 0.355 e. The van der Waals surface area contributed by atoms with Crippen molar-refractivity contribution in [1.29, 1.82) is 0 Å². The molecule has 1 aliphatic heterocycles. The standard InChI is InChI=1S/C16H26N4/c1-19(2)14-7-8-20(11-14)16-13(10-17)9-12-5-3-4-6-15(12)18-16/h9,14H,3-8,10-11,17H2,1-2H3. The van der Waals surface area contributed by atoms with Gasteiger partial charge >= 0.3 is 0 Å². The van der Waals surface area contributed by atoms with E-state index >= 15 is 0 Å². The van der Waals surface area contributed by atoms with Crippen LogP contribution >= 0.6 is 0 Å². The predicted octanol–water partition coefficient (Wildman–Crippen LogP) is 1.56. The molecule has 0 saturated carbocycles. The molecule has 20 heavy (non-hydrogen) atoms. The van der Waals surface area contributed by atoms with Gasteiger partial charge in [0.25, 0.3) is 0 Å². The SMILES string of the molecule is CN(C)C1CCN(c2nc3c(cc2CN)CCCC3)C1. The molecule has 1 atom stereocenters. The maximum Gasteiger partial charge on any atom is 0.133 e. The van der Waals surface area contributed by atoms with Crippen LogP contribution in [0.5, 0.6) is 0 Å². The number of hydrogen-bond acceptors (Lipinski definition) is 4. The lowest BCUT2D eigenvalue weighted by molar-refractivity contribution is 0.315. The fraction of sp³-hybridized carbons (Fsp3) is 0.688. The van der Waals surface area contributed by atoms with Crippen LogP contribution in [0.4, 0.5) is 5.82 Å². The van der Waals surface area contributed by atoms with Crippen molar-refractivity contribution in [2.45, 2.75) is 44.7 Å². The third-order valence-corrected chi connectivity index (χ3v) is 4.77. The van der Waals surface area contributed by atoms with Crippen LogP contribution in [0.2, 0.25) is 0 Å². The number of fused-ring (bicyclic) bond motifs is 1. The Bertz CT molecular complexity index is 484. The lowest BCUT2D eigenvalue weighted by atomic mass is 9.94. The normalized spacial score (nSPS) is 22.4. The molecule has 3 rings (SSSR count). The van der Waals surface area contributed by atoms with Gasteiger partial charge in [-0.1, -0.05) is 0 Å². The van der Waals surface area contributed by atoms with Gasteiger partial charge in [-0.15, -0.1) is 0 Å². The molecular weight excluding hydrogens is 248 g/mol. The van der Waals surface area contributed by atoms with Gasteiger partial charge in [0.1, 0.15) is 5.82 Å². The first-order valence-corrected chi connectivity index (χ1v) is 7.82. The third kappa shape index (κ3) is 2.54. The number of anilines is 1. The van der Waals surface area contributed by atoms with Gasteiger partial charge in [0.05, 0.1) is 0 Å². The minimum Gasteiger partial charge on any atom is -0.355 e. The molecule has 110 valence electrons. The number of nitrogens with zero attached hydrogens (tertiary/aromatic N) is 3. The van der Waals surface area contributed by atoms with Crippen LogP contribution in [0.25, 0.3) is 0 Å². The molecule has 4 heteroatoms. The molecule has 4 nitrogen and oxygen atoms in total. The van der Waals surface area contributed by atoms with Crippen LogP contribution in [-0.2, 0) is 19.4 Å². The van der Waals surface area contributed by atoms with E-state index in [0.717, 1.165) is 25.3 Å². The van der Waals surface area contributed by atoms with Crippen molar-refractivity contribution in [2.24, 2.45) is 5.73 Å². The summed E-state index contributed by atoms with van der Waals surface area (Å²) in [5, 5.41) is 0. The molecule has 0 aromatic carbocycles. The van der Waals surface area contributed by atoms with Crippen molar-refractivity contribution in [3.05, 3.63) is 22.9 Å². The van der Waals surface area contributed by atoms with Crippen LogP contribution in [0.15, 0.2) is 6.07 Å². The molecule has 0 spiro atoms. The van der Waals surface area contributed by atoms with Gasteiger partial charge in [0.2, 0.25) is 0 Å². The van der Waals surface area contributed by atoms with Crippen LogP contribution in [0, 0.1) is 0 Å². The van der Waals surface area contributed by atoms with E-state index in [1.165, 1.54) is 42.5 Å². The van der Waals surface area contributed by atoms with Crippen molar-refractivity contribution in [2.75, 3.05) is 32.1 Å². The zero-order valence-corrected chi connectivity index (χ0v) is 12.7. The zero-order valence-electron chi connectivity index (χ0n) is 12.7. The summed E-state index contributed by atoms with van der Waals surface area (Å²) in [4.78, 5) is 9.74. The van der Waals surface area contributed by atoms with E-state index in [1.807, 2.05) is 0 Å². The van der Waals surface area contributed by atoms with Gasteiger partial charge in [-0.25, -0.2) is 4.98 Å². The number of likely N-dealkylation sites (N-methyl/N-ethyl adjacent to an activating group) is 1. The summed E-state index contributed by atoms with van der Waals surface area (Å²) in [6.45, 7) is 2.77. The maximum atomic E-state index is 5.97. The zero-order chi connectivity index (χ0) is 14.1. The van der Waals surface area contributed by atoms with Crippen molar-refractivity contribution < 1.29 is 0 Å². The summed E-state index contributed by atoms with van der Waals surface area (Å²) in [5.74, 6) is 1.15. The van der Waals surface area contributed by atoms with Crippen molar-refractivity contribution in [3.8, 4) is 0 Å². The minimum absolute atomic E-state index is 0.596. The molecule has 1 aliphatic carbocycles. The van der Waals surface area contributed by atoms with Crippen LogP contribution in [0.3, 0.4) is 0 Å². The van der Waals surface area contributed by atoms with Gasteiger partial charge in [-0.3, -0.25) is 0 Å². The number of hydrogen-bond donors (Lipinski definition) is 1. The van der Waals surface area contributed by atoms with Gasteiger partial charge in [-0.2, -0.15) is 0 Å². The first-order valence-electron chi connectivity index (χ1n) is 7.82. The van der Waals surface area contributed by atoms with Gasteiger partial charge in [-0.05, 0) is 57.8 Å². The molecule has 0 radical (unpaired) electrons. The summed E-state index contributed by atoms with van der Waals surface area (Å²) in [5.41, 5.74) is 9.95. The molecule has 0 amide bonds. The van der Waals surface area contributed by atoms with Crippen LogP contribution in [0.1, 0.15) is 36.1 Å². The summed E-state index contributed by atoms with van der Waals surface area (Å²) in [6, 6.07) is 2.96. The Labute approximate surface area is 122 Å². The second-order valence-corrected chi connectivity index (χ2v) is 6.34. The predicted molar refractivity (Wildman–Crippen MR) is 83.1 cm³/mol. The number of aryl methyl sites for hydroxylation is 2. The summed E-state index contributed by atoms with van der Waals surface area (Å²) >= 11 is 0. The number of nitrogens with two attached hydrogens (primary N) is 1. The average Bonchev–Trinajstić information content (AvgIpc) is 2.95. The highest BCUT2D eigenvalue weighted by atomic mass is 15.3. The number of aromatic nitrogens is 1. The van der Waals surface area contributed by atoms with Crippen molar-refractivity contribution >= 4 is 5.82 Å². The third-order valence-electron chi connectivity index (χ3n) is 4.77. The Morgan fingerprint density at radius 3 is 2.85 bits per heavy atom. The van der Waals surface area contributed by atoms with E-state index < -0.39 is 0 Å². The van der Waals surface area contributed by atoms with E-state index in [-0.39, 0.29) is 0 Å². The van der Waals surface area contributed by atoms with Gasteiger partial charge < -0.3 is 15.5 Å². The first kappa shape index (κ1) is 13.8. The fourth-order valence-corrected chi connectivity index (χ4v) is 3.45. The highest BCUT2D eigenvalue weighted by molar-refractivity contribution is 5.51. The Hall–Kier alpha value is -1.13. The molecule has 2 heterocycles. The molecule has 0 bridgehead atoms. The molecule has 1 fully saturated rings. The van der Waals surface area contributed by atoms with E-state index in [0.29, 0.717) is 12.6 Å². The highest BCUT2D eigenvalue weighted by Gasteiger charge is 2.27. The molecule has 2 aliphatic rings. The number of pyridine rings is 1. The summed E-state index contributed by atoms with van der Waals surface area (Å²) < 4.78 is 0. The van der Waals surface area contributed by atoms with Gasteiger partial charge in [0.15, 0.2) is 0 Å². The molecular formula is C16H26N4. The smallest absolute Gasteiger partial charge is 0.133 e. The minimum atomic E-state index is 0.596. The molecule has 1 saturated heterocycles.